The summed E-state index contributed by atoms with van der Waals surface area (Å²) in [5.74, 6) is -1.11. The number of aromatic nitrogens is 1. The molecule has 3 heterocycles. The Morgan fingerprint density at radius 3 is 2.83 bits per heavy atom. The van der Waals surface area contributed by atoms with E-state index in [4.69, 9.17) is 4.74 Å². The zero-order chi connectivity index (χ0) is 24.9. The minimum Gasteiger partial charge on any atom is -0.470 e. The molecule has 1 saturated heterocycles. The first-order valence-electron chi connectivity index (χ1n) is 12.3. The maximum Gasteiger partial charge on any atom is 0.274 e. The number of rotatable bonds is 9. The van der Waals surface area contributed by atoms with E-state index in [1.54, 1.807) is 11.9 Å². The van der Waals surface area contributed by atoms with Crippen LogP contribution in [0.1, 0.15) is 65.6 Å². The summed E-state index contributed by atoms with van der Waals surface area (Å²) in [6.45, 7) is 8.52. The Morgan fingerprint density at radius 1 is 1.26 bits per heavy atom. The lowest BCUT2D eigenvalue weighted by molar-refractivity contribution is -0.148. The van der Waals surface area contributed by atoms with Gasteiger partial charge in [-0.1, -0.05) is 49.4 Å². The summed E-state index contributed by atoms with van der Waals surface area (Å²) in [5, 5.41) is 10.2. The van der Waals surface area contributed by atoms with E-state index in [1.165, 1.54) is 11.3 Å². The maximum atomic E-state index is 13.4. The lowest BCUT2D eigenvalue weighted by Gasteiger charge is -2.28. The van der Waals surface area contributed by atoms with E-state index in [9.17, 15) is 14.4 Å². The van der Waals surface area contributed by atoms with E-state index < -0.39 is 12.0 Å². The third kappa shape index (κ3) is 5.48. The molecule has 2 N–H and O–H groups in total. The van der Waals surface area contributed by atoms with E-state index in [0.717, 1.165) is 30.5 Å². The van der Waals surface area contributed by atoms with Crippen LogP contribution in [0, 0.1) is 12.8 Å². The van der Waals surface area contributed by atoms with E-state index >= 15 is 0 Å². The number of hydrogen-bond donors (Lipinski definition) is 2. The van der Waals surface area contributed by atoms with Gasteiger partial charge in [-0.3, -0.25) is 19.4 Å². The number of nitrogens with one attached hydrogen (secondary N) is 2. The highest BCUT2D eigenvalue weighted by atomic mass is 32.1. The third-order valence-electron chi connectivity index (χ3n) is 6.42. The fraction of sp³-hybridized carbons (Fsp3) is 0.520. The Bertz CT molecular complexity index is 1090. The molecule has 35 heavy (non-hydrogen) atoms. The van der Waals surface area contributed by atoms with Gasteiger partial charge in [0.05, 0.1) is 18.2 Å². The predicted octanol–water partition coefficient (Wildman–Crippen LogP) is 2.82. The number of benzene rings is 1. The normalized spacial score (nSPS) is 18.4. The zero-order valence-electron chi connectivity index (χ0n) is 20.5. The Morgan fingerprint density at radius 2 is 2.06 bits per heavy atom. The lowest BCUT2D eigenvalue weighted by atomic mass is 9.98. The van der Waals surface area contributed by atoms with Gasteiger partial charge in [0.2, 0.25) is 5.91 Å². The monoisotopic (exact) mass is 499 g/mol. The molecule has 2 aromatic rings. The standard InChI is InChI=1S/C25H33N5O4S/c1-4-13-34-25-27-16(3)21(35-25)23(32)26-14-17(5-2)22(31)28-20-19-10-7-6-9-18(19)15-29-11-8-12-30(29)24(20)33/h6-7,9-10,17,20H,4-5,8,11-15H2,1-3H3,(H,26,32)(H,28,31)/t17-,20+/m1/s1. The minimum absolute atomic E-state index is 0.111. The number of hydrogen-bond acceptors (Lipinski definition) is 7. The van der Waals surface area contributed by atoms with Gasteiger partial charge < -0.3 is 15.4 Å². The van der Waals surface area contributed by atoms with Gasteiger partial charge in [-0.05, 0) is 37.3 Å². The highest BCUT2D eigenvalue weighted by Crippen LogP contribution is 2.30. The number of nitrogens with zero attached hydrogens (tertiary/aromatic N) is 3. The van der Waals surface area contributed by atoms with Crippen LogP contribution in [0.3, 0.4) is 0 Å². The van der Waals surface area contributed by atoms with Crippen molar-refractivity contribution in [2.45, 2.75) is 52.6 Å². The molecule has 0 radical (unpaired) electrons. The van der Waals surface area contributed by atoms with Gasteiger partial charge in [-0.25, -0.2) is 9.99 Å². The Labute approximate surface area is 209 Å². The summed E-state index contributed by atoms with van der Waals surface area (Å²) in [5.41, 5.74) is 2.48. The van der Waals surface area contributed by atoms with E-state index in [-0.39, 0.29) is 24.3 Å². The van der Waals surface area contributed by atoms with Crippen LogP contribution in [0.15, 0.2) is 24.3 Å². The number of fused-ring (bicyclic) bond motifs is 2. The first-order valence-corrected chi connectivity index (χ1v) is 13.1. The number of aryl methyl sites for hydroxylation is 1. The van der Waals surface area contributed by atoms with Crippen LogP contribution in [-0.2, 0) is 16.1 Å². The van der Waals surface area contributed by atoms with Gasteiger partial charge >= 0.3 is 0 Å². The first-order chi connectivity index (χ1) is 16.9. The predicted molar refractivity (Wildman–Crippen MR) is 133 cm³/mol. The minimum atomic E-state index is -0.742. The average Bonchev–Trinajstić information content (AvgIpc) is 3.45. The molecule has 0 saturated carbocycles. The molecule has 1 aromatic heterocycles. The van der Waals surface area contributed by atoms with Gasteiger partial charge in [0.1, 0.15) is 10.9 Å². The van der Waals surface area contributed by atoms with Crippen LogP contribution >= 0.6 is 11.3 Å². The van der Waals surface area contributed by atoms with Crippen LogP contribution in [0.4, 0.5) is 0 Å². The summed E-state index contributed by atoms with van der Waals surface area (Å²) in [4.78, 5) is 44.2. The molecule has 0 unspecified atom stereocenters. The van der Waals surface area contributed by atoms with Gasteiger partial charge in [-0.2, -0.15) is 0 Å². The first kappa shape index (κ1) is 25.1. The maximum absolute atomic E-state index is 13.4. The molecular weight excluding hydrogens is 466 g/mol. The molecule has 2 aliphatic heterocycles. The second kappa shape index (κ2) is 11.2. The second-order valence-electron chi connectivity index (χ2n) is 8.90. The summed E-state index contributed by atoms with van der Waals surface area (Å²) >= 11 is 1.21. The molecule has 1 fully saturated rings. The van der Waals surface area contributed by atoms with Crippen molar-refractivity contribution in [1.82, 2.24) is 25.6 Å². The molecule has 1 aromatic carbocycles. The second-order valence-corrected chi connectivity index (χ2v) is 9.86. The van der Waals surface area contributed by atoms with Gasteiger partial charge in [0, 0.05) is 26.2 Å². The molecule has 0 aliphatic carbocycles. The van der Waals surface area contributed by atoms with Crippen LogP contribution in [0.5, 0.6) is 5.19 Å². The van der Waals surface area contributed by atoms with Crippen molar-refractivity contribution in [3.63, 3.8) is 0 Å². The van der Waals surface area contributed by atoms with Crippen molar-refractivity contribution < 1.29 is 19.1 Å². The Hall–Kier alpha value is -2.98. The molecule has 188 valence electrons. The van der Waals surface area contributed by atoms with Crippen LogP contribution in [0.25, 0.3) is 0 Å². The van der Waals surface area contributed by atoms with Crippen molar-refractivity contribution in [2.24, 2.45) is 5.92 Å². The molecule has 3 amide bonds. The van der Waals surface area contributed by atoms with Crippen molar-refractivity contribution in [3.8, 4) is 5.19 Å². The van der Waals surface area contributed by atoms with Gasteiger partial charge in [0.25, 0.3) is 17.0 Å². The Kier molecular flexibility index (Phi) is 8.02. The molecule has 4 rings (SSSR count). The van der Waals surface area contributed by atoms with Crippen molar-refractivity contribution in [1.29, 1.82) is 0 Å². The number of ether oxygens (including phenoxy) is 1. The molecule has 2 atom stereocenters. The van der Waals surface area contributed by atoms with Crippen LogP contribution in [0.2, 0.25) is 0 Å². The highest BCUT2D eigenvalue weighted by molar-refractivity contribution is 7.15. The molecule has 0 spiro atoms. The Balaban J connectivity index is 1.43. The van der Waals surface area contributed by atoms with E-state index in [2.05, 4.69) is 20.6 Å². The number of hydrazine groups is 1. The quantitative estimate of drug-likeness (QED) is 0.550. The van der Waals surface area contributed by atoms with Crippen molar-refractivity contribution in [2.75, 3.05) is 26.2 Å². The molecular formula is C25H33N5O4S. The molecule has 0 bridgehead atoms. The molecule has 10 heteroatoms. The third-order valence-corrected chi connectivity index (χ3v) is 7.49. The zero-order valence-corrected chi connectivity index (χ0v) is 21.3. The number of thiazole rings is 1. The number of carbonyl (C=O) groups excluding carboxylic acids is 3. The summed E-state index contributed by atoms with van der Waals surface area (Å²) < 4.78 is 5.54. The highest BCUT2D eigenvalue weighted by Gasteiger charge is 2.38. The van der Waals surface area contributed by atoms with E-state index in [1.807, 2.05) is 38.1 Å². The number of amides is 3. The fourth-order valence-corrected chi connectivity index (χ4v) is 5.33. The number of carbonyl (C=O) groups is 3. The fourth-order valence-electron chi connectivity index (χ4n) is 4.47. The SMILES string of the molecule is CCCOc1nc(C)c(C(=O)NC[C@@H](CC)C(=O)N[C@@H]2C(=O)N3CCCN3Cc3ccccc32)s1. The van der Waals surface area contributed by atoms with Gasteiger partial charge in [0.15, 0.2) is 0 Å². The van der Waals surface area contributed by atoms with E-state index in [0.29, 0.717) is 41.9 Å². The lowest BCUT2D eigenvalue weighted by Crippen LogP contribution is -2.47. The summed E-state index contributed by atoms with van der Waals surface area (Å²) in [6.07, 6.45) is 2.30. The topological polar surface area (TPSA) is 104 Å². The summed E-state index contributed by atoms with van der Waals surface area (Å²) in [6, 6.07) is 7.03. The molecule has 2 aliphatic rings. The average molecular weight is 500 g/mol. The molecule has 9 nitrogen and oxygen atoms in total. The summed E-state index contributed by atoms with van der Waals surface area (Å²) in [7, 11) is 0. The largest absolute Gasteiger partial charge is 0.470 e. The van der Waals surface area contributed by atoms with Crippen molar-refractivity contribution >= 4 is 29.1 Å². The van der Waals surface area contributed by atoms with Gasteiger partial charge in [-0.15, -0.1) is 0 Å². The van der Waals surface area contributed by atoms with Crippen LogP contribution < -0.4 is 15.4 Å². The van der Waals surface area contributed by atoms with Crippen LogP contribution in [-0.4, -0.2) is 59.0 Å². The smallest absolute Gasteiger partial charge is 0.274 e. The van der Waals surface area contributed by atoms with Crippen molar-refractivity contribution in [3.05, 3.63) is 46.0 Å².